The molecule has 1 fully saturated rings. The smallest absolute Gasteiger partial charge is 0.255 e. The van der Waals surface area contributed by atoms with Crippen molar-refractivity contribution in [1.29, 1.82) is 5.41 Å². The van der Waals surface area contributed by atoms with Gasteiger partial charge in [0.1, 0.15) is 5.82 Å². The highest BCUT2D eigenvalue weighted by molar-refractivity contribution is 6.06. The van der Waals surface area contributed by atoms with Crippen molar-refractivity contribution >= 4 is 34.5 Å². The van der Waals surface area contributed by atoms with Crippen molar-refractivity contribution < 1.29 is 4.79 Å². The number of aromatic amines is 1. The van der Waals surface area contributed by atoms with Crippen LogP contribution in [0.1, 0.15) is 34.6 Å². The molecule has 1 amide bonds. The van der Waals surface area contributed by atoms with Crippen LogP contribution in [0.3, 0.4) is 0 Å². The van der Waals surface area contributed by atoms with Crippen molar-refractivity contribution in [2.45, 2.75) is 19.4 Å². The lowest BCUT2D eigenvalue weighted by molar-refractivity contribution is 0.102. The van der Waals surface area contributed by atoms with Crippen molar-refractivity contribution in [2.75, 3.05) is 37.3 Å². The number of fused-ring (bicyclic) bond motifs is 1. The SMILES string of the molecule is CNc1ccc(C(=O)Nc2ccc3[nH]c(CN4CCC(CCN)C4)nc3c2)cc1C=N. The van der Waals surface area contributed by atoms with E-state index in [4.69, 9.17) is 16.1 Å². The first-order valence-corrected chi connectivity index (χ1v) is 10.6. The molecule has 0 radical (unpaired) electrons. The molecular formula is C23H29N7O. The van der Waals surface area contributed by atoms with Gasteiger partial charge in [-0.3, -0.25) is 9.69 Å². The minimum atomic E-state index is -0.219. The third kappa shape index (κ3) is 4.76. The molecule has 4 rings (SSSR count). The highest BCUT2D eigenvalue weighted by Crippen LogP contribution is 2.23. The van der Waals surface area contributed by atoms with Crippen molar-refractivity contribution in [1.82, 2.24) is 14.9 Å². The maximum absolute atomic E-state index is 12.7. The Morgan fingerprint density at radius 3 is 3.00 bits per heavy atom. The van der Waals surface area contributed by atoms with Gasteiger partial charge in [-0.2, -0.15) is 0 Å². The maximum Gasteiger partial charge on any atom is 0.255 e. The topological polar surface area (TPSA) is 123 Å². The lowest BCUT2D eigenvalue weighted by atomic mass is 10.1. The highest BCUT2D eigenvalue weighted by atomic mass is 16.1. The normalized spacial score (nSPS) is 16.5. The van der Waals surface area contributed by atoms with Gasteiger partial charge < -0.3 is 26.8 Å². The lowest BCUT2D eigenvalue weighted by Crippen LogP contribution is -2.21. The fourth-order valence-electron chi connectivity index (χ4n) is 4.21. The van der Waals surface area contributed by atoms with E-state index in [1.165, 1.54) is 12.6 Å². The van der Waals surface area contributed by atoms with Crippen molar-refractivity contribution in [2.24, 2.45) is 11.7 Å². The van der Waals surface area contributed by atoms with E-state index in [1.807, 2.05) is 18.2 Å². The molecule has 0 spiro atoms. The molecule has 0 aliphatic carbocycles. The van der Waals surface area contributed by atoms with Gasteiger partial charge in [-0.1, -0.05) is 0 Å². The molecule has 8 nitrogen and oxygen atoms in total. The number of nitrogens with zero attached hydrogens (tertiary/aromatic N) is 2. The van der Waals surface area contributed by atoms with Crippen LogP contribution in [0, 0.1) is 11.3 Å². The van der Waals surface area contributed by atoms with Gasteiger partial charge in [0.15, 0.2) is 0 Å². The summed E-state index contributed by atoms with van der Waals surface area (Å²) >= 11 is 0. The number of hydrogen-bond donors (Lipinski definition) is 5. The molecule has 0 bridgehead atoms. The predicted octanol–water partition coefficient (Wildman–Crippen LogP) is 3.03. The quantitative estimate of drug-likeness (QED) is 0.359. The molecule has 31 heavy (non-hydrogen) atoms. The second-order valence-corrected chi connectivity index (χ2v) is 8.03. The first-order chi connectivity index (χ1) is 15.1. The van der Waals surface area contributed by atoms with Crippen LogP contribution < -0.4 is 16.4 Å². The van der Waals surface area contributed by atoms with Crippen LogP contribution in [0.15, 0.2) is 36.4 Å². The Balaban J connectivity index is 1.44. The van der Waals surface area contributed by atoms with E-state index in [2.05, 4.69) is 20.5 Å². The number of carbonyl (C=O) groups excluding carboxylic acids is 1. The summed E-state index contributed by atoms with van der Waals surface area (Å²) in [7, 11) is 1.79. The molecule has 1 atom stereocenters. The van der Waals surface area contributed by atoms with E-state index in [0.29, 0.717) is 22.7 Å². The van der Waals surface area contributed by atoms with Crippen LogP contribution in [0.4, 0.5) is 11.4 Å². The van der Waals surface area contributed by atoms with Crippen molar-refractivity contribution in [3.05, 3.63) is 53.3 Å². The van der Waals surface area contributed by atoms with Crippen LogP contribution in [-0.2, 0) is 6.54 Å². The zero-order valence-electron chi connectivity index (χ0n) is 17.7. The van der Waals surface area contributed by atoms with Crippen LogP contribution in [0.25, 0.3) is 11.0 Å². The molecule has 6 N–H and O–H groups in total. The van der Waals surface area contributed by atoms with Crippen LogP contribution in [0.5, 0.6) is 0 Å². The number of benzene rings is 2. The number of imidazole rings is 1. The van der Waals surface area contributed by atoms with Gasteiger partial charge >= 0.3 is 0 Å². The number of likely N-dealkylation sites (tertiary alicyclic amines) is 1. The Labute approximate surface area is 181 Å². The Bertz CT molecular complexity index is 1090. The van der Waals surface area contributed by atoms with E-state index >= 15 is 0 Å². The summed E-state index contributed by atoms with van der Waals surface area (Å²) in [5, 5.41) is 13.5. The number of H-pyrrole nitrogens is 1. The summed E-state index contributed by atoms with van der Waals surface area (Å²) < 4.78 is 0. The van der Waals surface area contributed by atoms with Crippen LogP contribution in [0.2, 0.25) is 0 Å². The van der Waals surface area contributed by atoms with Gasteiger partial charge in [0.25, 0.3) is 5.91 Å². The number of hydrogen-bond acceptors (Lipinski definition) is 6. The van der Waals surface area contributed by atoms with Crippen LogP contribution in [-0.4, -0.2) is 53.7 Å². The molecule has 2 heterocycles. The third-order valence-corrected chi connectivity index (χ3v) is 5.85. The molecule has 1 aliphatic heterocycles. The van der Waals surface area contributed by atoms with Crippen molar-refractivity contribution in [3.8, 4) is 0 Å². The largest absolute Gasteiger partial charge is 0.388 e. The third-order valence-electron chi connectivity index (χ3n) is 5.85. The van der Waals surface area contributed by atoms with Crippen LogP contribution >= 0.6 is 0 Å². The molecule has 1 saturated heterocycles. The average molecular weight is 420 g/mol. The highest BCUT2D eigenvalue weighted by Gasteiger charge is 2.22. The number of carbonyl (C=O) groups is 1. The zero-order chi connectivity index (χ0) is 21.8. The number of nitrogens with one attached hydrogen (secondary N) is 4. The Morgan fingerprint density at radius 1 is 1.35 bits per heavy atom. The Hall–Kier alpha value is -3.23. The van der Waals surface area contributed by atoms with Gasteiger partial charge in [-0.25, -0.2) is 4.98 Å². The monoisotopic (exact) mass is 419 g/mol. The van der Waals surface area contributed by atoms with Gasteiger partial charge in [-0.05, 0) is 68.2 Å². The number of anilines is 2. The number of amides is 1. The van der Waals surface area contributed by atoms with Gasteiger partial charge in [-0.15, -0.1) is 0 Å². The van der Waals surface area contributed by atoms with E-state index in [9.17, 15) is 4.79 Å². The summed E-state index contributed by atoms with van der Waals surface area (Å²) in [5.74, 6) is 1.40. The molecule has 2 aromatic carbocycles. The molecule has 3 aromatic rings. The van der Waals surface area contributed by atoms with E-state index in [1.54, 1.807) is 25.2 Å². The second-order valence-electron chi connectivity index (χ2n) is 8.03. The summed E-state index contributed by atoms with van der Waals surface area (Å²) in [6.45, 7) is 3.69. The number of aromatic nitrogens is 2. The number of rotatable bonds is 8. The fraction of sp³-hybridized carbons (Fsp3) is 0.348. The Morgan fingerprint density at radius 2 is 2.23 bits per heavy atom. The first-order valence-electron chi connectivity index (χ1n) is 10.6. The fourth-order valence-corrected chi connectivity index (χ4v) is 4.21. The summed E-state index contributed by atoms with van der Waals surface area (Å²) in [6, 6.07) is 10.9. The van der Waals surface area contributed by atoms with Crippen molar-refractivity contribution in [3.63, 3.8) is 0 Å². The molecule has 1 unspecified atom stereocenters. The summed E-state index contributed by atoms with van der Waals surface area (Å²) in [5.41, 5.74) is 10.1. The van der Waals surface area contributed by atoms with E-state index in [-0.39, 0.29) is 5.91 Å². The molecule has 162 valence electrons. The minimum absolute atomic E-state index is 0.219. The number of nitrogens with two attached hydrogens (primary N) is 1. The van der Waals surface area contributed by atoms with Gasteiger partial charge in [0, 0.05) is 42.3 Å². The van der Waals surface area contributed by atoms with E-state index < -0.39 is 0 Å². The zero-order valence-corrected chi connectivity index (χ0v) is 17.7. The predicted molar refractivity (Wildman–Crippen MR) is 125 cm³/mol. The average Bonchev–Trinajstić information content (AvgIpc) is 3.39. The standard InChI is InChI=1S/C23H29N7O/c1-26-19-4-2-16(10-17(19)12-25)23(31)27-18-3-5-20-21(11-18)29-22(28-20)14-30-9-7-15(13-30)6-8-24/h2-5,10-12,15,25-26H,6-9,13-14,24H2,1H3,(H,27,31)(H,28,29). The first kappa shape index (κ1) is 21.0. The lowest BCUT2D eigenvalue weighted by Gasteiger charge is -2.13. The molecule has 1 aliphatic rings. The summed E-state index contributed by atoms with van der Waals surface area (Å²) in [6.07, 6.45) is 3.51. The van der Waals surface area contributed by atoms with Gasteiger partial charge in [0.2, 0.25) is 0 Å². The van der Waals surface area contributed by atoms with E-state index in [0.717, 1.165) is 55.1 Å². The molecular weight excluding hydrogens is 390 g/mol. The molecule has 1 aromatic heterocycles. The minimum Gasteiger partial charge on any atom is -0.388 e. The molecule has 8 heteroatoms. The van der Waals surface area contributed by atoms with Gasteiger partial charge in [0.05, 0.1) is 17.6 Å². The summed E-state index contributed by atoms with van der Waals surface area (Å²) in [4.78, 5) is 23.2. The maximum atomic E-state index is 12.7. The molecule has 0 saturated carbocycles. The second kappa shape index (κ2) is 9.28. The Kier molecular flexibility index (Phi) is 6.29.